The van der Waals surface area contributed by atoms with Crippen LogP contribution in [-0.2, 0) is 9.59 Å². The second-order valence-corrected chi connectivity index (χ2v) is 3.95. The number of nitrogens with one attached hydrogen (secondary N) is 1. The Kier molecular flexibility index (Phi) is 6.70. The maximum Gasteiger partial charge on any atom is 0.311 e. The molecule has 0 radical (unpaired) electrons. The number of rotatable bonds is 5. The zero-order valence-corrected chi connectivity index (χ0v) is 9.75. The molecule has 0 heterocycles. The van der Waals surface area contributed by atoms with Gasteiger partial charge in [-0.1, -0.05) is 13.8 Å². The monoisotopic (exact) mass is 215 g/mol. The molecule has 2 amide bonds. The second-order valence-electron chi connectivity index (χ2n) is 3.95. The predicted octanol–water partition coefficient (Wildman–Crippen LogP) is -0.434. The summed E-state index contributed by atoms with van der Waals surface area (Å²) in [4.78, 5) is 24.1. The second kappa shape index (κ2) is 7.23. The zero-order valence-electron chi connectivity index (χ0n) is 9.75. The maximum absolute atomic E-state index is 11.4. The third-order valence-corrected chi connectivity index (χ3v) is 2.01. The van der Waals surface area contributed by atoms with E-state index < -0.39 is 11.8 Å². The van der Waals surface area contributed by atoms with Crippen LogP contribution in [-0.4, -0.2) is 43.4 Å². The molecular formula is C10H21N3O2. The van der Waals surface area contributed by atoms with Crippen molar-refractivity contribution in [2.75, 3.05) is 26.7 Å². The smallest absolute Gasteiger partial charge is 0.311 e. The third-order valence-electron chi connectivity index (χ3n) is 2.01. The summed E-state index contributed by atoms with van der Waals surface area (Å²) in [5.41, 5.74) is 5.21. The largest absolute Gasteiger partial charge is 0.347 e. The molecule has 0 aromatic rings. The molecule has 0 saturated heterocycles. The molecule has 0 bridgehead atoms. The van der Waals surface area contributed by atoms with Crippen molar-refractivity contribution in [3.05, 3.63) is 0 Å². The molecule has 0 fully saturated rings. The van der Waals surface area contributed by atoms with E-state index in [1.807, 2.05) is 0 Å². The van der Waals surface area contributed by atoms with E-state index in [1.165, 1.54) is 4.90 Å². The highest BCUT2D eigenvalue weighted by atomic mass is 16.2. The fourth-order valence-electron chi connectivity index (χ4n) is 0.988. The van der Waals surface area contributed by atoms with Crippen molar-refractivity contribution in [3.63, 3.8) is 0 Å². The molecular weight excluding hydrogens is 194 g/mol. The number of hydrogen-bond donors (Lipinski definition) is 2. The van der Waals surface area contributed by atoms with Gasteiger partial charge in [-0.3, -0.25) is 9.59 Å². The Hall–Kier alpha value is -1.10. The van der Waals surface area contributed by atoms with E-state index in [-0.39, 0.29) is 0 Å². The third kappa shape index (κ3) is 6.06. The molecule has 0 unspecified atom stereocenters. The van der Waals surface area contributed by atoms with Crippen LogP contribution in [0.5, 0.6) is 0 Å². The van der Waals surface area contributed by atoms with Gasteiger partial charge in [0.1, 0.15) is 0 Å². The van der Waals surface area contributed by atoms with Gasteiger partial charge in [-0.2, -0.15) is 0 Å². The SMILES string of the molecule is CC(C)CCN(C)C(=O)C(=O)NCCN. The van der Waals surface area contributed by atoms with Crippen LogP contribution in [0.15, 0.2) is 0 Å². The van der Waals surface area contributed by atoms with Gasteiger partial charge in [0.05, 0.1) is 0 Å². The van der Waals surface area contributed by atoms with Gasteiger partial charge in [0.15, 0.2) is 0 Å². The van der Waals surface area contributed by atoms with E-state index in [0.29, 0.717) is 25.6 Å². The van der Waals surface area contributed by atoms with E-state index in [4.69, 9.17) is 5.73 Å². The van der Waals surface area contributed by atoms with Crippen molar-refractivity contribution in [3.8, 4) is 0 Å². The number of amides is 2. The van der Waals surface area contributed by atoms with Crippen LogP contribution in [0.1, 0.15) is 20.3 Å². The normalized spacial score (nSPS) is 10.2. The van der Waals surface area contributed by atoms with Crippen LogP contribution in [0, 0.1) is 5.92 Å². The highest BCUT2D eigenvalue weighted by Gasteiger charge is 2.17. The minimum absolute atomic E-state index is 0.336. The van der Waals surface area contributed by atoms with Crippen LogP contribution >= 0.6 is 0 Å². The van der Waals surface area contributed by atoms with Crippen molar-refractivity contribution in [2.45, 2.75) is 20.3 Å². The number of nitrogens with two attached hydrogens (primary N) is 1. The fourth-order valence-corrected chi connectivity index (χ4v) is 0.988. The lowest BCUT2D eigenvalue weighted by Gasteiger charge is -2.17. The lowest BCUT2D eigenvalue weighted by molar-refractivity contribution is -0.145. The van der Waals surface area contributed by atoms with Gasteiger partial charge in [0.25, 0.3) is 0 Å². The Morgan fingerprint density at radius 3 is 2.47 bits per heavy atom. The minimum Gasteiger partial charge on any atom is -0.347 e. The first-order chi connectivity index (χ1) is 6.99. The van der Waals surface area contributed by atoms with E-state index in [0.717, 1.165) is 6.42 Å². The zero-order chi connectivity index (χ0) is 11.8. The van der Waals surface area contributed by atoms with Gasteiger partial charge < -0.3 is 16.0 Å². The van der Waals surface area contributed by atoms with E-state index in [2.05, 4.69) is 19.2 Å². The fraction of sp³-hybridized carbons (Fsp3) is 0.800. The van der Waals surface area contributed by atoms with Crippen molar-refractivity contribution in [2.24, 2.45) is 11.7 Å². The van der Waals surface area contributed by atoms with Crippen LogP contribution in [0.3, 0.4) is 0 Å². The standard InChI is InChI=1S/C10H21N3O2/c1-8(2)4-7-13(3)10(15)9(14)12-6-5-11/h8H,4-7,11H2,1-3H3,(H,12,14). The molecule has 0 aliphatic carbocycles. The Labute approximate surface area is 91.0 Å². The molecule has 0 atom stereocenters. The molecule has 0 saturated carbocycles. The van der Waals surface area contributed by atoms with Gasteiger partial charge in [0.2, 0.25) is 0 Å². The Balaban J connectivity index is 3.91. The predicted molar refractivity (Wildman–Crippen MR) is 59.2 cm³/mol. The van der Waals surface area contributed by atoms with Gasteiger partial charge >= 0.3 is 11.8 Å². The minimum atomic E-state index is -0.577. The molecule has 15 heavy (non-hydrogen) atoms. The number of carbonyl (C=O) groups is 2. The lowest BCUT2D eigenvalue weighted by Crippen LogP contribution is -2.43. The maximum atomic E-state index is 11.4. The highest BCUT2D eigenvalue weighted by molar-refractivity contribution is 6.34. The van der Waals surface area contributed by atoms with Crippen molar-refractivity contribution < 1.29 is 9.59 Å². The van der Waals surface area contributed by atoms with Crippen LogP contribution < -0.4 is 11.1 Å². The van der Waals surface area contributed by atoms with E-state index in [9.17, 15) is 9.59 Å². The molecule has 88 valence electrons. The van der Waals surface area contributed by atoms with Gasteiger partial charge in [-0.05, 0) is 12.3 Å². The number of likely N-dealkylation sites (N-methyl/N-ethyl adjacent to an activating group) is 1. The highest BCUT2D eigenvalue weighted by Crippen LogP contribution is 2.00. The van der Waals surface area contributed by atoms with E-state index in [1.54, 1.807) is 7.05 Å². The summed E-state index contributed by atoms with van der Waals surface area (Å²) in [5, 5.41) is 2.45. The summed E-state index contributed by atoms with van der Waals surface area (Å²) < 4.78 is 0. The van der Waals surface area contributed by atoms with Crippen molar-refractivity contribution in [1.82, 2.24) is 10.2 Å². The molecule has 0 rings (SSSR count). The summed E-state index contributed by atoms with van der Waals surface area (Å²) in [6.45, 7) is 5.43. The van der Waals surface area contributed by atoms with Gasteiger partial charge in [0, 0.05) is 26.7 Å². The lowest BCUT2D eigenvalue weighted by atomic mass is 10.1. The van der Waals surface area contributed by atoms with Crippen molar-refractivity contribution >= 4 is 11.8 Å². The molecule has 3 N–H and O–H groups in total. The Bertz CT molecular complexity index is 217. The van der Waals surface area contributed by atoms with Crippen LogP contribution in [0.4, 0.5) is 0 Å². The van der Waals surface area contributed by atoms with Gasteiger partial charge in [-0.25, -0.2) is 0 Å². The molecule has 0 aliphatic rings. The Morgan fingerprint density at radius 2 is 2.00 bits per heavy atom. The topological polar surface area (TPSA) is 75.4 Å². The number of hydrogen-bond acceptors (Lipinski definition) is 3. The average molecular weight is 215 g/mol. The number of nitrogens with zero attached hydrogens (tertiary/aromatic N) is 1. The van der Waals surface area contributed by atoms with Gasteiger partial charge in [-0.15, -0.1) is 0 Å². The molecule has 0 spiro atoms. The molecule has 5 nitrogen and oxygen atoms in total. The number of carbonyl (C=O) groups excluding carboxylic acids is 2. The Morgan fingerprint density at radius 1 is 1.40 bits per heavy atom. The van der Waals surface area contributed by atoms with Crippen LogP contribution in [0.2, 0.25) is 0 Å². The van der Waals surface area contributed by atoms with Crippen LogP contribution in [0.25, 0.3) is 0 Å². The van der Waals surface area contributed by atoms with Crippen molar-refractivity contribution in [1.29, 1.82) is 0 Å². The molecule has 5 heteroatoms. The molecule has 0 aromatic heterocycles. The summed E-state index contributed by atoms with van der Waals surface area (Å²) in [6, 6.07) is 0. The molecule has 0 aliphatic heterocycles. The van der Waals surface area contributed by atoms with E-state index >= 15 is 0 Å². The summed E-state index contributed by atoms with van der Waals surface area (Å²) in [6.07, 6.45) is 0.895. The first-order valence-corrected chi connectivity index (χ1v) is 5.22. The summed E-state index contributed by atoms with van der Waals surface area (Å²) >= 11 is 0. The quantitative estimate of drug-likeness (QED) is 0.611. The average Bonchev–Trinajstić information content (AvgIpc) is 2.21. The first-order valence-electron chi connectivity index (χ1n) is 5.22. The summed E-state index contributed by atoms with van der Waals surface area (Å²) in [7, 11) is 1.63. The summed E-state index contributed by atoms with van der Waals surface area (Å²) in [5.74, 6) is -0.553. The molecule has 0 aromatic carbocycles. The first kappa shape index (κ1) is 13.9.